The van der Waals surface area contributed by atoms with E-state index < -0.39 is 11.6 Å². The van der Waals surface area contributed by atoms with Crippen molar-refractivity contribution in [1.29, 1.82) is 0 Å². The maximum atomic E-state index is 13.3. The highest BCUT2D eigenvalue weighted by Crippen LogP contribution is 2.27. The maximum absolute atomic E-state index is 13.3. The van der Waals surface area contributed by atoms with E-state index in [9.17, 15) is 8.78 Å². The van der Waals surface area contributed by atoms with Crippen molar-refractivity contribution in [2.75, 3.05) is 12.8 Å². The van der Waals surface area contributed by atoms with Gasteiger partial charge >= 0.3 is 0 Å². The average Bonchev–Trinajstić information content (AvgIpc) is 2.38. The van der Waals surface area contributed by atoms with Crippen molar-refractivity contribution < 1.29 is 8.78 Å². The van der Waals surface area contributed by atoms with Crippen LogP contribution in [0.1, 0.15) is 11.6 Å². The first-order valence-electron chi connectivity index (χ1n) is 6.10. The molecule has 2 aromatic rings. The molecule has 5 heteroatoms. The molecule has 2 rings (SSSR count). The topological polar surface area (TPSA) is 12.0 Å². The van der Waals surface area contributed by atoms with Gasteiger partial charge in [-0.25, -0.2) is 8.78 Å². The summed E-state index contributed by atoms with van der Waals surface area (Å²) in [5.41, 5.74) is 0.618. The summed E-state index contributed by atoms with van der Waals surface area (Å²) in [5, 5.41) is 3.09. The third kappa shape index (κ3) is 4.30. The van der Waals surface area contributed by atoms with Crippen LogP contribution < -0.4 is 5.32 Å². The van der Waals surface area contributed by atoms with Crippen LogP contribution in [0.15, 0.2) is 51.8 Å². The van der Waals surface area contributed by atoms with Gasteiger partial charge in [0.25, 0.3) is 0 Å². The van der Waals surface area contributed by atoms with Gasteiger partial charge in [0.15, 0.2) is 0 Å². The van der Waals surface area contributed by atoms with Crippen LogP contribution in [0.3, 0.4) is 0 Å². The SMILES string of the molecule is CNC(CSc1cccc(Br)c1)c1cc(F)cc(F)c1. The fourth-order valence-electron chi connectivity index (χ4n) is 1.86. The van der Waals surface area contributed by atoms with Crippen molar-refractivity contribution in [3.05, 3.63) is 64.1 Å². The smallest absolute Gasteiger partial charge is 0.126 e. The van der Waals surface area contributed by atoms with Gasteiger partial charge in [-0.2, -0.15) is 0 Å². The second-order valence-electron chi connectivity index (χ2n) is 4.31. The minimum atomic E-state index is -0.548. The molecule has 1 unspecified atom stereocenters. The van der Waals surface area contributed by atoms with E-state index in [-0.39, 0.29) is 6.04 Å². The number of hydrogen-bond donors (Lipinski definition) is 1. The van der Waals surface area contributed by atoms with Crippen molar-refractivity contribution in [3.63, 3.8) is 0 Å². The molecule has 0 aliphatic carbocycles. The highest BCUT2D eigenvalue weighted by Gasteiger charge is 2.12. The maximum Gasteiger partial charge on any atom is 0.126 e. The largest absolute Gasteiger partial charge is 0.312 e. The van der Waals surface area contributed by atoms with Gasteiger partial charge in [-0.1, -0.05) is 22.0 Å². The first-order chi connectivity index (χ1) is 9.58. The molecule has 0 aliphatic heterocycles. The minimum Gasteiger partial charge on any atom is -0.312 e. The number of nitrogens with one attached hydrogen (secondary N) is 1. The standard InChI is InChI=1S/C15H14BrF2NS/c1-19-15(10-5-12(17)8-13(18)6-10)9-20-14-4-2-3-11(16)7-14/h2-8,15,19H,9H2,1H3. The van der Waals surface area contributed by atoms with Gasteiger partial charge in [-0.3, -0.25) is 0 Å². The normalized spacial score (nSPS) is 12.4. The molecule has 0 saturated heterocycles. The lowest BCUT2D eigenvalue weighted by Gasteiger charge is -2.16. The molecule has 106 valence electrons. The molecule has 1 atom stereocenters. The summed E-state index contributed by atoms with van der Waals surface area (Å²) in [6.07, 6.45) is 0. The Morgan fingerprint density at radius 2 is 1.85 bits per heavy atom. The van der Waals surface area contributed by atoms with Gasteiger partial charge in [0.1, 0.15) is 11.6 Å². The molecule has 1 nitrogen and oxygen atoms in total. The Morgan fingerprint density at radius 1 is 1.15 bits per heavy atom. The van der Waals surface area contributed by atoms with Crippen LogP contribution >= 0.6 is 27.7 Å². The van der Waals surface area contributed by atoms with Crippen LogP contribution in [-0.4, -0.2) is 12.8 Å². The first-order valence-corrected chi connectivity index (χ1v) is 7.88. The summed E-state index contributed by atoms with van der Waals surface area (Å²) in [4.78, 5) is 1.11. The van der Waals surface area contributed by atoms with Crippen LogP contribution in [0.2, 0.25) is 0 Å². The summed E-state index contributed by atoms with van der Waals surface area (Å²) >= 11 is 5.06. The zero-order valence-electron chi connectivity index (χ0n) is 10.9. The Balaban J connectivity index is 2.09. The van der Waals surface area contributed by atoms with Crippen LogP contribution in [-0.2, 0) is 0 Å². The summed E-state index contributed by atoms with van der Waals surface area (Å²) in [6.45, 7) is 0. The van der Waals surface area contributed by atoms with E-state index in [1.807, 2.05) is 24.3 Å². The lowest BCUT2D eigenvalue weighted by molar-refractivity contribution is 0.568. The number of halogens is 3. The summed E-state index contributed by atoms with van der Waals surface area (Å²) in [5.74, 6) is -0.407. The summed E-state index contributed by atoms with van der Waals surface area (Å²) < 4.78 is 27.5. The molecule has 2 aromatic carbocycles. The van der Waals surface area contributed by atoms with E-state index in [0.29, 0.717) is 11.3 Å². The van der Waals surface area contributed by atoms with Crippen molar-refractivity contribution in [1.82, 2.24) is 5.32 Å². The monoisotopic (exact) mass is 357 g/mol. The van der Waals surface area contributed by atoms with Gasteiger partial charge in [0.2, 0.25) is 0 Å². The van der Waals surface area contributed by atoms with Gasteiger partial charge in [-0.05, 0) is 42.9 Å². The Bertz CT molecular complexity index is 572. The summed E-state index contributed by atoms with van der Waals surface area (Å²) in [7, 11) is 1.79. The van der Waals surface area contributed by atoms with Gasteiger partial charge in [-0.15, -0.1) is 11.8 Å². The summed E-state index contributed by atoms with van der Waals surface area (Å²) in [6, 6.07) is 11.5. The van der Waals surface area contributed by atoms with Crippen LogP contribution in [0.4, 0.5) is 8.78 Å². The second kappa shape index (κ2) is 7.20. The molecule has 0 aliphatic rings. The van der Waals surface area contributed by atoms with E-state index in [2.05, 4.69) is 21.2 Å². The average molecular weight is 358 g/mol. The van der Waals surface area contributed by atoms with E-state index >= 15 is 0 Å². The third-order valence-electron chi connectivity index (χ3n) is 2.85. The van der Waals surface area contributed by atoms with Gasteiger partial charge in [0.05, 0.1) is 0 Å². The number of thioether (sulfide) groups is 1. The molecule has 1 N–H and O–H groups in total. The van der Waals surface area contributed by atoms with Crippen LogP contribution in [0, 0.1) is 11.6 Å². The minimum absolute atomic E-state index is 0.107. The Hall–Kier alpha value is -0.910. The van der Waals surface area contributed by atoms with Crippen molar-refractivity contribution >= 4 is 27.7 Å². The molecule has 20 heavy (non-hydrogen) atoms. The van der Waals surface area contributed by atoms with E-state index in [4.69, 9.17) is 0 Å². The van der Waals surface area contributed by atoms with Crippen molar-refractivity contribution in [2.24, 2.45) is 0 Å². The predicted octanol–water partition coefficient (Wildman–Crippen LogP) is 4.78. The zero-order chi connectivity index (χ0) is 14.5. The van der Waals surface area contributed by atoms with Gasteiger partial charge in [0, 0.05) is 27.2 Å². The molecular weight excluding hydrogens is 344 g/mol. The molecule has 0 bridgehead atoms. The Morgan fingerprint density at radius 3 is 2.45 bits per heavy atom. The number of benzene rings is 2. The van der Waals surface area contributed by atoms with Crippen molar-refractivity contribution in [2.45, 2.75) is 10.9 Å². The number of rotatable bonds is 5. The lowest BCUT2D eigenvalue weighted by Crippen LogP contribution is -2.19. The van der Waals surface area contributed by atoms with E-state index in [1.165, 1.54) is 12.1 Å². The second-order valence-corrected chi connectivity index (χ2v) is 6.32. The Labute approximate surface area is 129 Å². The molecule has 0 radical (unpaired) electrons. The fraction of sp³-hybridized carbons (Fsp3) is 0.200. The lowest BCUT2D eigenvalue weighted by atomic mass is 10.1. The zero-order valence-corrected chi connectivity index (χ0v) is 13.3. The molecule has 0 fully saturated rings. The van der Waals surface area contributed by atoms with Gasteiger partial charge < -0.3 is 5.32 Å². The highest BCUT2D eigenvalue weighted by atomic mass is 79.9. The molecule has 0 heterocycles. The van der Waals surface area contributed by atoms with Crippen LogP contribution in [0.25, 0.3) is 0 Å². The predicted molar refractivity (Wildman–Crippen MR) is 83.0 cm³/mol. The fourth-order valence-corrected chi connectivity index (χ4v) is 3.51. The molecule has 0 aromatic heterocycles. The Kier molecular flexibility index (Phi) is 5.57. The molecule has 0 saturated carbocycles. The third-order valence-corrected chi connectivity index (χ3v) is 4.43. The van der Waals surface area contributed by atoms with Crippen molar-refractivity contribution in [3.8, 4) is 0 Å². The van der Waals surface area contributed by atoms with E-state index in [0.717, 1.165) is 15.4 Å². The molecule has 0 spiro atoms. The highest BCUT2D eigenvalue weighted by molar-refractivity contribution is 9.10. The van der Waals surface area contributed by atoms with Crippen LogP contribution in [0.5, 0.6) is 0 Å². The number of hydrogen-bond acceptors (Lipinski definition) is 2. The first kappa shape index (κ1) is 15.5. The quantitative estimate of drug-likeness (QED) is 0.772. The van der Waals surface area contributed by atoms with E-state index in [1.54, 1.807) is 18.8 Å². The molecule has 0 amide bonds. The molecular formula is C15H14BrF2NS.